The van der Waals surface area contributed by atoms with Crippen LogP contribution in [-0.2, 0) is 6.54 Å². The number of para-hydroxylation sites is 1. The minimum Gasteiger partial charge on any atom is -0.365 e. The van der Waals surface area contributed by atoms with Crippen molar-refractivity contribution in [3.05, 3.63) is 65.5 Å². The van der Waals surface area contributed by atoms with Crippen molar-refractivity contribution < 1.29 is 9.18 Å². The van der Waals surface area contributed by atoms with E-state index in [1.165, 1.54) is 6.07 Å². The zero-order valence-electron chi connectivity index (χ0n) is 11.8. The molecule has 0 saturated carbocycles. The highest BCUT2D eigenvalue weighted by atomic mass is 19.1. The van der Waals surface area contributed by atoms with E-state index in [0.717, 1.165) is 5.56 Å². The van der Waals surface area contributed by atoms with Crippen molar-refractivity contribution in [3.63, 3.8) is 0 Å². The van der Waals surface area contributed by atoms with Gasteiger partial charge in [0.25, 0.3) is 5.91 Å². The van der Waals surface area contributed by atoms with Gasteiger partial charge in [0.05, 0.1) is 5.69 Å². The number of anilines is 1. The lowest BCUT2D eigenvalue weighted by molar-refractivity contribution is 0.0953. The molecule has 2 rings (SSSR count). The number of rotatable bonds is 5. The molecule has 0 unspecified atom stereocenters. The fourth-order valence-corrected chi connectivity index (χ4v) is 2.19. The van der Waals surface area contributed by atoms with Crippen LogP contribution in [-0.4, -0.2) is 12.5 Å². The van der Waals surface area contributed by atoms with Gasteiger partial charge in [0.15, 0.2) is 0 Å². The van der Waals surface area contributed by atoms with Crippen LogP contribution in [0.25, 0.3) is 0 Å². The number of nitrogens with two attached hydrogens (primary N) is 1. The van der Waals surface area contributed by atoms with E-state index >= 15 is 0 Å². The molecule has 0 atom stereocenters. The number of nitrogens with one attached hydrogen (secondary N) is 1. The summed E-state index contributed by atoms with van der Waals surface area (Å²) in [6, 6.07) is 13.8. The molecule has 0 radical (unpaired) electrons. The van der Waals surface area contributed by atoms with Crippen LogP contribution in [0.3, 0.4) is 0 Å². The summed E-state index contributed by atoms with van der Waals surface area (Å²) in [5.41, 5.74) is 4.06. The largest absolute Gasteiger partial charge is 0.365 e. The van der Waals surface area contributed by atoms with E-state index in [0.29, 0.717) is 24.3 Å². The monoisotopic (exact) mass is 287 g/mol. The molecule has 2 aromatic carbocycles. The van der Waals surface area contributed by atoms with Gasteiger partial charge in [0.1, 0.15) is 5.82 Å². The minimum absolute atomic E-state index is 0.254. The topological polar surface area (TPSA) is 58.4 Å². The molecule has 1 amide bonds. The zero-order chi connectivity index (χ0) is 15.2. The molecule has 3 N–H and O–H groups in total. The van der Waals surface area contributed by atoms with Crippen molar-refractivity contribution in [1.82, 2.24) is 5.43 Å². The van der Waals surface area contributed by atoms with Gasteiger partial charge in [-0.25, -0.2) is 10.2 Å². The number of hydrogen-bond donors (Lipinski definition) is 2. The molecule has 0 aliphatic carbocycles. The standard InChI is InChI=1S/C16H18FN3O/c1-2-20(15-9-4-3-8-14(15)17)11-12-6-5-7-13(10-12)16(21)19-18/h3-10H,2,11,18H2,1H3,(H,19,21). The number of carbonyl (C=O) groups is 1. The first-order valence-electron chi connectivity index (χ1n) is 6.75. The smallest absolute Gasteiger partial charge is 0.265 e. The molecule has 0 aliphatic heterocycles. The summed E-state index contributed by atoms with van der Waals surface area (Å²) in [6.45, 7) is 3.14. The molecule has 0 aliphatic rings. The molecular formula is C16H18FN3O. The number of nitrogens with zero attached hydrogens (tertiary/aromatic N) is 1. The lowest BCUT2D eigenvalue weighted by Gasteiger charge is -2.23. The van der Waals surface area contributed by atoms with E-state index in [2.05, 4.69) is 5.43 Å². The third-order valence-electron chi connectivity index (χ3n) is 3.27. The molecule has 5 heteroatoms. The van der Waals surface area contributed by atoms with E-state index in [9.17, 15) is 9.18 Å². The van der Waals surface area contributed by atoms with Gasteiger partial charge in [-0.1, -0.05) is 24.3 Å². The van der Waals surface area contributed by atoms with E-state index in [4.69, 9.17) is 5.84 Å². The molecule has 2 aromatic rings. The van der Waals surface area contributed by atoms with E-state index < -0.39 is 0 Å². The van der Waals surface area contributed by atoms with Crippen molar-refractivity contribution >= 4 is 11.6 Å². The van der Waals surface area contributed by atoms with Gasteiger partial charge in [-0.15, -0.1) is 0 Å². The van der Waals surface area contributed by atoms with Crippen LogP contribution >= 0.6 is 0 Å². The molecule has 21 heavy (non-hydrogen) atoms. The molecule has 0 fully saturated rings. The maximum absolute atomic E-state index is 13.9. The van der Waals surface area contributed by atoms with Crippen molar-refractivity contribution in [2.75, 3.05) is 11.4 Å². The highest BCUT2D eigenvalue weighted by Gasteiger charge is 2.11. The summed E-state index contributed by atoms with van der Waals surface area (Å²) in [4.78, 5) is 13.4. The van der Waals surface area contributed by atoms with Crippen molar-refractivity contribution in [2.24, 2.45) is 5.84 Å². The lowest BCUT2D eigenvalue weighted by Crippen LogP contribution is -2.30. The average Bonchev–Trinajstić information content (AvgIpc) is 2.53. The Labute approximate surface area is 123 Å². The first-order chi connectivity index (χ1) is 10.2. The number of amides is 1. The third-order valence-corrected chi connectivity index (χ3v) is 3.27. The second kappa shape index (κ2) is 6.85. The van der Waals surface area contributed by atoms with E-state index in [-0.39, 0.29) is 11.7 Å². The predicted octanol–water partition coefficient (Wildman–Crippen LogP) is 2.46. The van der Waals surface area contributed by atoms with Gasteiger partial charge >= 0.3 is 0 Å². The average molecular weight is 287 g/mol. The Hall–Kier alpha value is -2.40. The summed E-state index contributed by atoms with van der Waals surface area (Å²) < 4.78 is 13.9. The molecule has 0 aromatic heterocycles. The summed E-state index contributed by atoms with van der Waals surface area (Å²) in [7, 11) is 0. The Kier molecular flexibility index (Phi) is 4.90. The Balaban J connectivity index is 2.23. The molecule has 110 valence electrons. The van der Waals surface area contributed by atoms with Crippen LogP contribution in [0, 0.1) is 5.82 Å². The Morgan fingerprint density at radius 1 is 1.24 bits per heavy atom. The summed E-state index contributed by atoms with van der Waals surface area (Å²) in [6.07, 6.45) is 0. The number of hydrogen-bond acceptors (Lipinski definition) is 3. The Bertz CT molecular complexity index is 630. The molecule has 0 spiro atoms. The predicted molar refractivity (Wildman–Crippen MR) is 81.2 cm³/mol. The summed E-state index contributed by atoms with van der Waals surface area (Å²) in [5, 5.41) is 0. The fourth-order valence-electron chi connectivity index (χ4n) is 2.19. The fraction of sp³-hybridized carbons (Fsp3) is 0.188. The molecular weight excluding hydrogens is 269 g/mol. The third kappa shape index (κ3) is 3.58. The van der Waals surface area contributed by atoms with Gasteiger partial charge in [0.2, 0.25) is 0 Å². The van der Waals surface area contributed by atoms with E-state index in [1.807, 2.05) is 17.9 Å². The van der Waals surface area contributed by atoms with Gasteiger partial charge in [-0.3, -0.25) is 10.2 Å². The van der Waals surface area contributed by atoms with Crippen LogP contribution in [0.15, 0.2) is 48.5 Å². The Morgan fingerprint density at radius 3 is 2.67 bits per heavy atom. The van der Waals surface area contributed by atoms with Crippen LogP contribution < -0.4 is 16.2 Å². The maximum Gasteiger partial charge on any atom is 0.265 e. The van der Waals surface area contributed by atoms with Crippen LogP contribution in [0.4, 0.5) is 10.1 Å². The Morgan fingerprint density at radius 2 is 2.00 bits per heavy atom. The highest BCUT2D eigenvalue weighted by molar-refractivity contribution is 5.93. The normalized spacial score (nSPS) is 10.2. The maximum atomic E-state index is 13.9. The number of carbonyl (C=O) groups excluding carboxylic acids is 1. The number of nitrogen functional groups attached to an aromatic ring is 1. The summed E-state index contributed by atoms with van der Waals surface area (Å²) >= 11 is 0. The molecule has 0 bridgehead atoms. The second-order valence-corrected chi connectivity index (χ2v) is 4.64. The van der Waals surface area contributed by atoms with Gasteiger partial charge < -0.3 is 4.90 Å². The highest BCUT2D eigenvalue weighted by Crippen LogP contribution is 2.21. The number of halogens is 1. The van der Waals surface area contributed by atoms with Crippen LogP contribution in [0.5, 0.6) is 0 Å². The first kappa shape index (κ1) is 15.0. The van der Waals surface area contributed by atoms with Crippen LogP contribution in [0.2, 0.25) is 0 Å². The quantitative estimate of drug-likeness (QED) is 0.504. The first-order valence-corrected chi connectivity index (χ1v) is 6.75. The van der Waals surface area contributed by atoms with Gasteiger partial charge in [0, 0.05) is 18.7 Å². The molecule has 4 nitrogen and oxygen atoms in total. The number of hydrazine groups is 1. The van der Waals surface area contributed by atoms with Gasteiger partial charge in [-0.05, 0) is 36.8 Å². The van der Waals surface area contributed by atoms with Crippen molar-refractivity contribution in [3.8, 4) is 0 Å². The molecule has 0 saturated heterocycles. The second-order valence-electron chi connectivity index (χ2n) is 4.64. The summed E-state index contributed by atoms with van der Waals surface area (Å²) in [5.74, 6) is 4.54. The lowest BCUT2D eigenvalue weighted by atomic mass is 10.1. The number of benzene rings is 2. The van der Waals surface area contributed by atoms with Crippen molar-refractivity contribution in [2.45, 2.75) is 13.5 Å². The molecule has 0 heterocycles. The SMILES string of the molecule is CCN(Cc1cccc(C(=O)NN)c1)c1ccccc1F. The van der Waals surface area contributed by atoms with Crippen LogP contribution in [0.1, 0.15) is 22.8 Å². The van der Waals surface area contributed by atoms with Crippen molar-refractivity contribution in [1.29, 1.82) is 0 Å². The zero-order valence-corrected chi connectivity index (χ0v) is 11.8. The minimum atomic E-state index is -0.342. The van der Waals surface area contributed by atoms with Gasteiger partial charge in [-0.2, -0.15) is 0 Å². The van der Waals surface area contributed by atoms with E-state index in [1.54, 1.807) is 36.4 Å².